The van der Waals surface area contributed by atoms with Gasteiger partial charge in [-0.15, -0.1) is 0 Å². The average molecular weight is 278 g/mol. The normalized spacial score (nSPS) is 12.3. The second-order valence-corrected chi connectivity index (χ2v) is 4.32. The Morgan fingerprint density at radius 1 is 1.35 bits per heavy atom. The Morgan fingerprint density at radius 2 is 2.10 bits per heavy atom. The lowest BCUT2D eigenvalue weighted by Gasteiger charge is -2.09. The van der Waals surface area contributed by atoms with Crippen LogP contribution in [0.4, 0.5) is 0 Å². The van der Waals surface area contributed by atoms with Crippen LogP contribution in [-0.4, -0.2) is 39.1 Å². The minimum atomic E-state index is -0.499. The number of hydrogen-bond donors (Lipinski definition) is 1. The molecular weight excluding hydrogens is 256 g/mol. The van der Waals surface area contributed by atoms with Crippen LogP contribution in [0.15, 0.2) is 35.3 Å². The molecule has 5 nitrogen and oxygen atoms in total. The molecule has 5 heteroatoms. The van der Waals surface area contributed by atoms with Crippen molar-refractivity contribution < 1.29 is 14.3 Å². The number of unbranched alkanes of at least 4 members (excludes halogenated alkanes) is 1. The molecule has 0 fully saturated rings. The SMILES string of the molecule is CNCCCCC(N=COc1ccccc1)C(=O)OC. The van der Waals surface area contributed by atoms with Gasteiger partial charge in [-0.2, -0.15) is 0 Å². The fourth-order valence-corrected chi connectivity index (χ4v) is 1.69. The number of rotatable bonds is 9. The van der Waals surface area contributed by atoms with Gasteiger partial charge in [0.1, 0.15) is 5.75 Å². The lowest BCUT2D eigenvalue weighted by atomic mass is 10.1. The zero-order chi connectivity index (χ0) is 14.6. The molecule has 0 saturated heterocycles. The average Bonchev–Trinajstić information content (AvgIpc) is 2.50. The van der Waals surface area contributed by atoms with E-state index < -0.39 is 6.04 Å². The molecule has 0 radical (unpaired) electrons. The van der Waals surface area contributed by atoms with Crippen molar-refractivity contribution in [2.24, 2.45) is 4.99 Å². The highest BCUT2D eigenvalue weighted by atomic mass is 16.5. The molecule has 1 aromatic carbocycles. The van der Waals surface area contributed by atoms with Gasteiger partial charge in [0, 0.05) is 0 Å². The van der Waals surface area contributed by atoms with E-state index in [1.165, 1.54) is 13.5 Å². The molecule has 0 aliphatic heterocycles. The molecule has 0 aromatic heterocycles. The first-order chi connectivity index (χ1) is 9.77. The fourth-order valence-electron chi connectivity index (χ4n) is 1.69. The molecule has 1 N–H and O–H groups in total. The van der Waals surface area contributed by atoms with Crippen LogP contribution >= 0.6 is 0 Å². The molecule has 0 aliphatic rings. The molecule has 110 valence electrons. The first kappa shape index (κ1) is 16.2. The second-order valence-electron chi connectivity index (χ2n) is 4.32. The predicted molar refractivity (Wildman–Crippen MR) is 79.1 cm³/mol. The Hall–Kier alpha value is -1.88. The van der Waals surface area contributed by atoms with Gasteiger partial charge < -0.3 is 14.8 Å². The maximum atomic E-state index is 11.6. The number of nitrogens with one attached hydrogen (secondary N) is 1. The molecule has 0 saturated carbocycles. The summed E-state index contributed by atoms with van der Waals surface area (Å²) < 4.78 is 10.1. The number of ether oxygens (including phenoxy) is 2. The molecule has 0 amide bonds. The predicted octanol–water partition coefficient (Wildman–Crippen LogP) is 2.02. The van der Waals surface area contributed by atoms with E-state index in [1.807, 2.05) is 37.4 Å². The van der Waals surface area contributed by atoms with E-state index in [-0.39, 0.29) is 5.97 Å². The van der Waals surface area contributed by atoms with Gasteiger partial charge in [0.25, 0.3) is 0 Å². The van der Waals surface area contributed by atoms with Crippen LogP contribution in [0.3, 0.4) is 0 Å². The standard InChI is InChI=1S/C15H22N2O3/c1-16-11-7-6-10-14(15(18)19-2)17-12-20-13-8-4-3-5-9-13/h3-5,8-9,12,14,16H,6-7,10-11H2,1-2H3. The summed E-state index contributed by atoms with van der Waals surface area (Å²) in [7, 11) is 3.28. The van der Waals surface area contributed by atoms with Gasteiger partial charge in [0.05, 0.1) is 7.11 Å². The highest BCUT2D eigenvalue weighted by Crippen LogP contribution is 2.09. The lowest BCUT2D eigenvalue weighted by molar-refractivity contribution is -0.142. The third-order valence-corrected chi connectivity index (χ3v) is 2.80. The molecular formula is C15H22N2O3. The number of aliphatic imine (C=N–C) groups is 1. The van der Waals surface area contributed by atoms with Crippen molar-refractivity contribution in [1.29, 1.82) is 0 Å². The maximum Gasteiger partial charge on any atom is 0.330 e. The van der Waals surface area contributed by atoms with Gasteiger partial charge in [-0.3, -0.25) is 0 Å². The first-order valence-corrected chi connectivity index (χ1v) is 6.73. The van der Waals surface area contributed by atoms with Gasteiger partial charge in [-0.25, -0.2) is 9.79 Å². The summed E-state index contributed by atoms with van der Waals surface area (Å²) in [6.07, 6.45) is 3.88. The highest BCUT2D eigenvalue weighted by molar-refractivity contribution is 5.77. The number of carbonyl (C=O) groups excluding carboxylic acids is 1. The van der Waals surface area contributed by atoms with E-state index in [0.717, 1.165) is 19.4 Å². The lowest BCUT2D eigenvalue weighted by Crippen LogP contribution is -2.21. The van der Waals surface area contributed by atoms with Crippen LogP contribution in [0.5, 0.6) is 5.75 Å². The summed E-state index contributed by atoms with van der Waals surface area (Å²) in [4.78, 5) is 15.8. The number of hydrogen-bond acceptors (Lipinski definition) is 5. The number of nitrogens with zero attached hydrogens (tertiary/aromatic N) is 1. The van der Waals surface area contributed by atoms with Gasteiger partial charge in [0.2, 0.25) is 0 Å². The number of para-hydroxylation sites is 1. The zero-order valence-electron chi connectivity index (χ0n) is 12.0. The molecule has 0 aliphatic carbocycles. The first-order valence-electron chi connectivity index (χ1n) is 6.73. The zero-order valence-corrected chi connectivity index (χ0v) is 12.0. The van der Waals surface area contributed by atoms with Gasteiger partial charge >= 0.3 is 5.97 Å². The Kier molecular flexibility index (Phi) is 8.07. The van der Waals surface area contributed by atoms with Crippen molar-refractivity contribution in [3.8, 4) is 5.75 Å². The molecule has 0 bridgehead atoms. The smallest absolute Gasteiger partial charge is 0.330 e. The molecule has 20 heavy (non-hydrogen) atoms. The molecule has 0 heterocycles. The maximum absolute atomic E-state index is 11.6. The van der Waals surface area contributed by atoms with Crippen LogP contribution in [0.1, 0.15) is 19.3 Å². The molecule has 1 rings (SSSR count). The summed E-state index contributed by atoms with van der Waals surface area (Å²) in [6, 6.07) is 8.80. The van der Waals surface area contributed by atoms with Crippen molar-refractivity contribution >= 4 is 12.4 Å². The summed E-state index contributed by atoms with van der Waals surface area (Å²) in [5.41, 5.74) is 0. The quantitative estimate of drug-likeness (QED) is 0.325. The monoisotopic (exact) mass is 278 g/mol. The van der Waals surface area contributed by atoms with Crippen LogP contribution < -0.4 is 10.1 Å². The second kappa shape index (κ2) is 9.97. The van der Waals surface area contributed by atoms with E-state index >= 15 is 0 Å². The summed E-state index contributed by atoms with van der Waals surface area (Å²) in [6.45, 7) is 0.929. The van der Waals surface area contributed by atoms with Gasteiger partial charge in [0.15, 0.2) is 12.4 Å². The summed E-state index contributed by atoms with van der Waals surface area (Å²) in [5, 5.41) is 3.07. The third-order valence-electron chi connectivity index (χ3n) is 2.80. The minimum absolute atomic E-state index is 0.331. The van der Waals surface area contributed by atoms with Crippen LogP contribution in [0, 0.1) is 0 Å². The van der Waals surface area contributed by atoms with Crippen molar-refractivity contribution in [3.63, 3.8) is 0 Å². The van der Waals surface area contributed by atoms with Crippen LogP contribution in [-0.2, 0) is 9.53 Å². The highest BCUT2D eigenvalue weighted by Gasteiger charge is 2.16. The van der Waals surface area contributed by atoms with Crippen LogP contribution in [0.25, 0.3) is 0 Å². The van der Waals surface area contributed by atoms with Crippen molar-refractivity contribution in [2.75, 3.05) is 20.7 Å². The Bertz CT molecular complexity index is 407. The number of methoxy groups -OCH3 is 1. The van der Waals surface area contributed by atoms with E-state index in [9.17, 15) is 4.79 Å². The van der Waals surface area contributed by atoms with Crippen LogP contribution in [0.2, 0.25) is 0 Å². The summed E-state index contributed by atoms with van der Waals surface area (Å²) in [5.74, 6) is 0.359. The van der Waals surface area contributed by atoms with E-state index in [1.54, 1.807) is 0 Å². The summed E-state index contributed by atoms with van der Waals surface area (Å²) >= 11 is 0. The Labute approximate surface area is 120 Å². The van der Waals surface area contributed by atoms with E-state index in [2.05, 4.69) is 10.3 Å². The van der Waals surface area contributed by atoms with Crippen molar-refractivity contribution in [2.45, 2.75) is 25.3 Å². The van der Waals surface area contributed by atoms with E-state index in [0.29, 0.717) is 12.2 Å². The third kappa shape index (κ3) is 6.33. The largest absolute Gasteiger partial charge is 0.467 e. The number of benzene rings is 1. The van der Waals surface area contributed by atoms with Gasteiger partial charge in [-0.1, -0.05) is 18.2 Å². The fraction of sp³-hybridized carbons (Fsp3) is 0.467. The molecule has 0 spiro atoms. The Morgan fingerprint density at radius 3 is 2.75 bits per heavy atom. The topological polar surface area (TPSA) is 59.9 Å². The minimum Gasteiger partial charge on any atom is -0.467 e. The van der Waals surface area contributed by atoms with E-state index in [4.69, 9.17) is 9.47 Å². The molecule has 1 aromatic rings. The van der Waals surface area contributed by atoms with Gasteiger partial charge in [-0.05, 0) is 45.0 Å². The molecule has 1 atom stereocenters. The Balaban J connectivity index is 2.45. The molecule has 1 unspecified atom stereocenters. The number of carbonyl (C=O) groups is 1. The number of esters is 1. The van der Waals surface area contributed by atoms with Crippen molar-refractivity contribution in [1.82, 2.24) is 5.32 Å². The van der Waals surface area contributed by atoms with Crippen molar-refractivity contribution in [3.05, 3.63) is 30.3 Å².